The lowest BCUT2D eigenvalue weighted by Crippen LogP contribution is -2.85. The number of amides is 1. The van der Waals surface area contributed by atoms with Crippen molar-refractivity contribution in [3.8, 4) is 6.07 Å². The Labute approximate surface area is 180 Å². The minimum atomic E-state index is -0.0505. The molecule has 4 rings (SSSR count). The highest BCUT2D eigenvalue weighted by molar-refractivity contribution is 7.16. The van der Waals surface area contributed by atoms with Crippen LogP contribution in [0, 0.1) is 11.3 Å². The van der Waals surface area contributed by atoms with Crippen molar-refractivity contribution >= 4 is 22.2 Å². The summed E-state index contributed by atoms with van der Waals surface area (Å²) < 4.78 is 5.62. The van der Waals surface area contributed by atoms with Crippen LogP contribution in [0.1, 0.15) is 59.1 Å². The average molecular weight is 421 g/mol. The van der Waals surface area contributed by atoms with E-state index in [-0.39, 0.29) is 11.9 Å². The first kappa shape index (κ1) is 20.4. The van der Waals surface area contributed by atoms with Gasteiger partial charge in [-0.3, -0.25) is 4.79 Å². The first-order valence-electron chi connectivity index (χ1n) is 10.5. The van der Waals surface area contributed by atoms with Gasteiger partial charge >= 0.3 is 0 Å². The zero-order chi connectivity index (χ0) is 20.8. The van der Waals surface area contributed by atoms with Crippen LogP contribution in [0.5, 0.6) is 0 Å². The first-order valence-corrected chi connectivity index (χ1v) is 11.3. The van der Waals surface area contributed by atoms with E-state index in [2.05, 4.69) is 28.8 Å². The van der Waals surface area contributed by atoms with Crippen LogP contribution in [0.25, 0.3) is 0 Å². The van der Waals surface area contributed by atoms with E-state index in [1.165, 1.54) is 11.3 Å². The second-order valence-corrected chi connectivity index (χ2v) is 8.71. The van der Waals surface area contributed by atoms with E-state index >= 15 is 0 Å². The Balaban J connectivity index is 1.39. The Morgan fingerprint density at radius 3 is 2.77 bits per heavy atom. The molecule has 3 aromatic rings. The maximum Gasteiger partial charge on any atom is 0.230 e. The molecule has 0 unspecified atom stereocenters. The van der Waals surface area contributed by atoms with Gasteiger partial charge in [-0.05, 0) is 43.4 Å². The number of nitriles is 1. The van der Waals surface area contributed by atoms with Crippen LogP contribution in [-0.4, -0.2) is 12.5 Å². The molecular formula is C24H26N3O2S+. The molecule has 1 atom stereocenters. The highest BCUT2D eigenvalue weighted by atomic mass is 32.1. The van der Waals surface area contributed by atoms with Crippen LogP contribution < -0.4 is 10.6 Å². The van der Waals surface area contributed by atoms with E-state index in [0.29, 0.717) is 18.5 Å². The quantitative estimate of drug-likeness (QED) is 0.563. The number of benzene rings is 1. The van der Waals surface area contributed by atoms with Crippen molar-refractivity contribution in [2.45, 2.75) is 44.6 Å². The number of hydrogen-bond acceptors (Lipinski definition) is 4. The van der Waals surface area contributed by atoms with Crippen molar-refractivity contribution in [2.75, 3.05) is 11.9 Å². The van der Waals surface area contributed by atoms with Crippen LogP contribution in [0.2, 0.25) is 0 Å². The molecule has 2 heterocycles. The number of quaternary nitrogens is 1. The molecular weight excluding hydrogens is 394 g/mol. The van der Waals surface area contributed by atoms with Crippen LogP contribution in [0.15, 0.2) is 53.1 Å². The number of nitrogens with zero attached hydrogens (tertiary/aromatic N) is 1. The minimum absolute atomic E-state index is 0.0153. The molecule has 1 aliphatic carbocycles. The van der Waals surface area contributed by atoms with E-state index in [0.717, 1.165) is 47.6 Å². The maximum absolute atomic E-state index is 12.6. The lowest BCUT2D eigenvalue weighted by molar-refractivity contribution is -0.687. The van der Waals surface area contributed by atoms with Gasteiger partial charge in [0.15, 0.2) is 11.8 Å². The van der Waals surface area contributed by atoms with Gasteiger partial charge in [-0.25, -0.2) is 0 Å². The molecule has 0 fully saturated rings. The molecule has 6 heteroatoms. The van der Waals surface area contributed by atoms with Crippen molar-refractivity contribution < 1.29 is 14.5 Å². The van der Waals surface area contributed by atoms with Crippen LogP contribution in [-0.2, 0) is 17.6 Å². The van der Waals surface area contributed by atoms with E-state index in [4.69, 9.17) is 4.42 Å². The SMILES string of the molecule is N#Cc1c(NC(=O)CC[NH2+][C@@H](c2ccccc2)c2ccco2)sc2c1CCCCC2. The maximum atomic E-state index is 12.6. The number of carbonyl (C=O) groups excluding carboxylic acids is 1. The molecule has 0 saturated heterocycles. The van der Waals surface area contributed by atoms with Crippen molar-refractivity contribution in [3.05, 3.63) is 76.1 Å². The number of furan rings is 1. The Morgan fingerprint density at radius 1 is 1.17 bits per heavy atom. The molecule has 0 spiro atoms. The van der Waals surface area contributed by atoms with Gasteiger partial charge < -0.3 is 15.1 Å². The summed E-state index contributed by atoms with van der Waals surface area (Å²) in [5.74, 6) is 0.820. The van der Waals surface area contributed by atoms with E-state index in [9.17, 15) is 10.1 Å². The highest BCUT2D eigenvalue weighted by Crippen LogP contribution is 2.37. The fourth-order valence-corrected chi connectivity index (χ4v) is 5.32. The topological polar surface area (TPSA) is 82.6 Å². The van der Waals surface area contributed by atoms with Gasteiger partial charge in [-0.1, -0.05) is 36.8 Å². The third-order valence-electron chi connectivity index (χ3n) is 5.57. The zero-order valence-corrected chi connectivity index (χ0v) is 17.7. The minimum Gasteiger partial charge on any atom is -0.463 e. The number of hydrogen-bond donors (Lipinski definition) is 2. The third kappa shape index (κ3) is 4.64. The normalized spacial score (nSPS) is 14.4. The summed E-state index contributed by atoms with van der Waals surface area (Å²) in [6.45, 7) is 0.624. The third-order valence-corrected chi connectivity index (χ3v) is 6.78. The van der Waals surface area contributed by atoms with Crippen LogP contribution in [0.4, 0.5) is 5.00 Å². The lowest BCUT2D eigenvalue weighted by atomic mass is 10.0. The molecule has 1 aliphatic rings. The molecule has 154 valence electrons. The van der Waals surface area contributed by atoms with E-state index in [1.54, 1.807) is 17.6 Å². The van der Waals surface area contributed by atoms with Gasteiger partial charge in [-0.15, -0.1) is 11.3 Å². The number of thiophene rings is 1. The van der Waals surface area contributed by atoms with Gasteiger partial charge in [0, 0.05) is 10.4 Å². The lowest BCUT2D eigenvalue weighted by Gasteiger charge is -2.14. The van der Waals surface area contributed by atoms with Gasteiger partial charge in [0.2, 0.25) is 5.91 Å². The van der Waals surface area contributed by atoms with E-state index in [1.807, 2.05) is 30.3 Å². The standard InChI is InChI=1S/C24H25N3O2S/c25-16-19-18-10-5-2-6-12-21(18)30-24(19)27-22(28)13-14-26-23(20-11-7-15-29-20)17-8-3-1-4-9-17/h1,3-4,7-9,11,15,23,26H,2,5-6,10,12-14H2,(H,27,28)/p+1/t23-/m0/s1. The largest absolute Gasteiger partial charge is 0.463 e. The second-order valence-electron chi connectivity index (χ2n) is 7.61. The summed E-state index contributed by atoms with van der Waals surface area (Å²) in [6.07, 6.45) is 7.50. The molecule has 1 aromatic carbocycles. The summed E-state index contributed by atoms with van der Waals surface area (Å²) >= 11 is 1.58. The van der Waals surface area contributed by atoms with Crippen LogP contribution >= 0.6 is 11.3 Å². The Morgan fingerprint density at radius 2 is 2.00 bits per heavy atom. The molecule has 0 bridgehead atoms. The highest BCUT2D eigenvalue weighted by Gasteiger charge is 2.22. The average Bonchev–Trinajstić information content (AvgIpc) is 3.34. The van der Waals surface area contributed by atoms with Crippen molar-refractivity contribution in [1.29, 1.82) is 5.26 Å². The van der Waals surface area contributed by atoms with Gasteiger partial charge in [-0.2, -0.15) is 5.26 Å². The summed E-state index contributed by atoms with van der Waals surface area (Å²) in [4.78, 5) is 13.9. The summed E-state index contributed by atoms with van der Waals surface area (Å²) in [5.41, 5.74) is 2.97. The molecule has 3 N–H and O–H groups in total. The smallest absolute Gasteiger partial charge is 0.230 e. The number of rotatable bonds is 7. The predicted octanol–water partition coefficient (Wildman–Crippen LogP) is 4.16. The molecule has 0 radical (unpaired) electrons. The molecule has 1 amide bonds. The number of anilines is 1. The molecule has 30 heavy (non-hydrogen) atoms. The molecule has 0 aliphatic heterocycles. The molecule has 2 aromatic heterocycles. The van der Waals surface area contributed by atoms with Gasteiger partial charge in [0.1, 0.15) is 11.1 Å². The second kappa shape index (κ2) is 9.75. The fourth-order valence-electron chi connectivity index (χ4n) is 4.06. The van der Waals surface area contributed by atoms with Gasteiger partial charge in [0.25, 0.3) is 0 Å². The first-order chi connectivity index (χ1) is 14.8. The number of nitrogens with two attached hydrogens (primary N) is 1. The summed E-state index contributed by atoms with van der Waals surface area (Å²) in [5, 5.41) is 15.5. The number of fused-ring (bicyclic) bond motifs is 1. The van der Waals surface area contributed by atoms with Crippen molar-refractivity contribution in [2.24, 2.45) is 0 Å². The Bertz CT molecular complexity index is 1020. The summed E-state index contributed by atoms with van der Waals surface area (Å²) in [7, 11) is 0. The van der Waals surface area contributed by atoms with Crippen molar-refractivity contribution in [3.63, 3.8) is 0 Å². The Hall–Kier alpha value is -2.88. The van der Waals surface area contributed by atoms with Crippen molar-refractivity contribution in [1.82, 2.24) is 0 Å². The fraction of sp³-hybridized carbons (Fsp3) is 0.333. The molecule has 5 nitrogen and oxygen atoms in total. The van der Waals surface area contributed by atoms with Crippen LogP contribution in [0.3, 0.4) is 0 Å². The number of aryl methyl sites for hydroxylation is 1. The number of carbonyl (C=O) groups is 1. The number of nitrogens with one attached hydrogen (secondary N) is 1. The summed E-state index contributed by atoms with van der Waals surface area (Å²) in [6, 6.07) is 16.3. The van der Waals surface area contributed by atoms with E-state index < -0.39 is 0 Å². The Kier molecular flexibility index (Phi) is 6.63. The monoisotopic (exact) mass is 420 g/mol. The zero-order valence-electron chi connectivity index (χ0n) is 16.9. The molecule has 0 saturated carbocycles. The van der Waals surface area contributed by atoms with Gasteiger partial charge in [0.05, 0.1) is 24.8 Å². The predicted molar refractivity (Wildman–Crippen MR) is 117 cm³/mol.